The molecule has 0 radical (unpaired) electrons. The molecule has 0 unspecified atom stereocenters. The number of carbonyl (C=O) groups is 1. The minimum Gasteiger partial charge on any atom is -0.375 e. The Labute approximate surface area is 142 Å². The predicted octanol–water partition coefficient (Wildman–Crippen LogP) is 1.74. The lowest BCUT2D eigenvalue weighted by atomic mass is 10.0. The molecular formula is C18H22N4O2. The van der Waals surface area contributed by atoms with Crippen LogP contribution in [0.25, 0.3) is 11.4 Å². The van der Waals surface area contributed by atoms with E-state index in [1.807, 2.05) is 49.3 Å². The van der Waals surface area contributed by atoms with Crippen molar-refractivity contribution in [3.05, 3.63) is 41.6 Å². The van der Waals surface area contributed by atoms with Crippen molar-refractivity contribution in [2.75, 3.05) is 39.3 Å². The predicted molar refractivity (Wildman–Crippen MR) is 92.8 cm³/mol. The number of rotatable bonds is 4. The second kappa shape index (κ2) is 6.97. The van der Waals surface area contributed by atoms with Gasteiger partial charge in [-0.1, -0.05) is 30.3 Å². The number of nitrogens with zero attached hydrogens (tertiary/aromatic N) is 4. The van der Waals surface area contributed by atoms with Crippen molar-refractivity contribution in [3.63, 3.8) is 0 Å². The van der Waals surface area contributed by atoms with Gasteiger partial charge in [-0.15, -0.1) is 0 Å². The highest BCUT2D eigenvalue weighted by atomic mass is 16.5. The quantitative estimate of drug-likeness (QED) is 0.856. The lowest BCUT2D eigenvalue weighted by molar-refractivity contribution is -0.136. The Balaban J connectivity index is 2.00. The molecular weight excluding hydrogens is 304 g/mol. The lowest BCUT2D eigenvalue weighted by Crippen LogP contribution is -2.39. The first-order valence-corrected chi connectivity index (χ1v) is 7.99. The van der Waals surface area contributed by atoms with E-state index in [1.165, 1.54) is 7.11 Å². The largest absolute Gasteiger partial charge is 0.375 e. The van der Waals surface area contributed by atoms with Crippen LogP contribution in [0.15, 0.2) is 30.3 Å². The molecule has 126 valence electrons. The Kier molecular flexibility index (Phi) is 4.76. The lowest BCUT2D eigenvalue weighted by Gasteiger charge is -2.30. The Morgan fingerprint density at radius 2 is 2.00 bits per heavy atom. The first kappa shape index (κ1) is 16.4. The van der Waals surface area contributed by atoms with Gasteiger partial charge in [0.2, 0.25) is 5.91 Å². The van der Waals surface area contributed by atoms with Gasteiger partial charge in [-0.25, -0.2) is 9.97 Å². The van der Waals surface area contributed by atoms with Crippen molar-refractivity contribution in [2.45, 2.75) is 13.0 Å². The molecule has 0 saturated carbocycles. The van der Waals surface area contributed by atoms with Gasteiger partial charge in [-0.3, -0.25) is 4.79 Å². The molecule has 3 rings (SSSR count). The average molecular weight is 326 g/mol. The standard InChI is InChI=1S/C18H22N4O2/c1-21(2)18-14-9-10-22(16(23)12-24-3)11-15(14)19-17(20-18)13-7-5-4-6-8-13/h4-8H,9-12H2,1-3H3. The van der Waals surface area contributed by atoms with Crippen LogP contribution in [-0.2, 0) is 22.5 Å². The van der Waals surface area contributed by atoms with Gasteiger partial charge in [-0.2, -0.15) is 0 Å². The number of hydrogen-bond donors (Lipinski definition) is 0. The summed E-state index contributed by atoms with van der Waals surface area (Å²) in [6, 6.07) is 9.92. The van der Waals surface area contributed by atoms with E-state index in [4.69, 9.17) is 14.7 Å². The Hall–Kier alpha value is -2.47. The highest BCUT2D eigenvalue weighted by Gasteiger charge is 2.26. The smallest absolute Gasteiger partial charge is 0.248 e. The van der Waals surface area contributed by atoms with Crippen LogP contribution in [0.5, 0.6) is 0 Å². The second-order valence-corrected chi connectivity index (χ2v) is 6.05. The van der Waals surface area contributed by atoms with Gasteiger partial charge in [0.25, 0.3) is 0 Å². The fourth-order valence-corrected chi connectivity index (χ4v) is 2.92. The van der Waals surface area contributed by atoms with E-state index in [-0.39, 0.29) is 12.5 Å². The van der Waals surface area contributed by atoms with Crippen LogP contribution >= 0.6 is 0 Å². The molecule has 6 heteroatoms. The molecule has 1 aliphatic rings. The molecule has 0 aliphatic carbocycles. The van der Waals surface area contributed by atoms with E-state index < -0.39 is 0 Å². The first-order chi connectivity index (χ1) is 11.6. The molecule has 6 nitrogen and oxygen atoms in total. The van der Waals surface area contributed by atoms with E-state index in [0.29, 0.717) is 18.9 Å². The monoisotopic (exact) mass is 326 g/mol. The third kappa shape index (κ3) is 3.23. The minimum atomic E-state index is -0.00516. The molecule has 0 fully saturated rings. The Morgan fingerprint density at radius 1 is 1.25 bits per heavy atom. The number of methoxy groups -OCH3 is 1. The van der Waals surface area contributed by atoms with Crippen molar-refractivity contribution in [1.29, 1.82) is 0 Å². The molecule has 1 aromatic heterocycles. The fourth-order valence-electron chi connectivity index (χ4n) is 2.92. The van der Waals surface area contributed by atoms with Crippen LogP contribution in [0.4, 0.5) is 5.82 Å². The second-order valence-electron chi connectivity index (χ2n) is 6.05. The van der Waals surface area contributed by atoms with Crippen molar-refractivity contribution in [2.24, 2.45) is 0 Å². The maximum absolute atomic E-state index is 12.1. The van der Waals surface area contributed by atoms with Gasteiger partial charge in [0, 0.05) is 38.9 Å². The molecule has 0 bridgehead atoms. The summed E-state index contributed by atoms with van der Waals surface area (Å²) in [5.41, 5.74) is 3.02. The number of aromatic nitrogens is 2. The summed E-state index contributed by atoms with van der Waals surface area (Å²) in [5.74, 6) is 1.62. The molecule has 0 saturated heterocycles. The zero-order valence-electron chi connectivity index (χ0n) is 14.3. The first-order valence-electron chi connectivity index (χ1n) is 7.99. The highest BCUT2D eigenvalue weighted by Crippen LogP contribution is 2.28. The number of carbonyl (C=O) groups excluding carboxylic acids is 1. The minimum absolute atomic E-state index is 0.00516. The van der Waals surface area contributed by atoms with E-state index >= 15 is 0 Å². The zero-order chi connectivity index (χ0) is 17.1. The molecule has 24 heavy (non-hydrogen) atoms. The Morgan fingerprint density at radius 3 is 2.67 bits per heavy atom. The number of benzene rings is 1. The number of fused-ring (bicyclic) bond motifs is 1. The SMILES string of the molecule is COCC(=O)N1CCc2c(nc(-c3ccccc3)nc2N(C)C)C1. The Bertz CT molecular complexity index is 731. The van der Waals surface area contributed by atoms with Crippen LogP contribution in [0, 0.1) is 0 Å². The maximum atomic E-state index is 12.1. The molecule has 0 spiro atoms. The molecule has 1 aromatic carbocycles. The van der Waals surface area contributed by atoms with E-state index in [1.54, 1.807) is 4.90 Å². The molecule has 0 N–H and O–H groups in total. The molecule has 1 aliphatic heterocycles. The van der Waals surface area contributed by atoms with E-state index in [2.05, 4.69) is 0 Å². The van der Waals surface area contributed by atoms with Crippen LogP contribution < -0.4 is 4.90 Å². The normalized spacial score (nSPS) is 13.5. The number of amides is 1. The highest BCUT2D eigenvalue weighted by molar-refractivity contribution is 5.78. The molecule has 2 heterocycles. The summed E-state index contributed by atoms with van der Waals surface area (Å²) in [4.78, 5) is 25.4. The summed E-state index contributed by atoms with van der Waals surface area (Å²) in [7, 11) is 5.51. The van der Waals surface area contributed by atoms with Crippen LogP contribution in [-0.4, -0.2) is 55.1 Å². The van der Waals surface area contributed by atoms with Gasteiger partial charge < -0.3 is 14.5 Å². The summed E-state index contributed by atoms with van der Waals surface area (Å²) in [6.07, 6.45) is 0.757. The third-order valence-electron chi connectivity index (χ3n) is 4.12. The number of anilines is 1. The average Bonchev–Trinajstić information content (AvgIpc) is 2.61. The number of ether oxygens (including phenoxy) is 1. The van der Waals surface area contributed by atoms with E-state index in [9.17, 15) is 4.79 Å². The van der Waals surface area contributed by atoms with Crippen molar-refractivity contribution < 1.29 is 9.53 Å². The fraction of sp³-hybridized carbons (Fsp3) is 0.389. The van der Waals surface area contributed by atoms with Crippen molar-refractivity contribution in [3.8, 4) is 11.4 Å². The molecule has 2 aromatic rings. The number of hydrogen-bond acceptors (Lipinski definition) is 5. The van der Waals surface area contributed by atoms with Crippen molar-refractivity contribution >= 4 is 11.7 Å². The summed E-state index contributed by atoms with van der Waals surface area (Å²) in [5, 5.41) is 0. The summed E-state index contributed by atoms with van der Waals surface area (Å²) < 4.78 is 4.97. The van der Waals surface area contributed by atoms with E-state index in [0.717, 1.165) is 29.1 Å². The van der Waals surface area contributed by atoms with Gasteiger partial charge in [0.1, 0.15) is 12.4 Å². The summed E-state index contributed by atoms with van der Waals surface area (Å²) >= 11 is 0. The molecule has 0 atom stereocenters. The summed E-state index contributed by atoms with van der Waals surface area (Å²) in [6.45, 7) is 1.28. The topological polar surface area (TPSA) is 58.6 Å². The van der Waals surface area contributed by atoms with Crippen LogP contribution in [0.2, 0.25) is 0 Å². The van der Waals surface area contributed by atoms with Gasteiger partial charge in [0.05, 0.1) is 12.2 Å². The van der Waals surface area contributed by atoms with Crippen LogP contribution in [0.1, 0.15) is 11.3 Å². The van der Waals surface area contributed by atoms with Crippen molar-refractivity contribution in [1.82, 2.24) is 14.9 Å². The zero-order valence-corrected chi connectivity index (χ0v) is 14.3. The van der Waals surface area contributed by atoms with Gasteiger partial charge in [0.15, 0.2) is 5.82 Å². The van der Waals surface area contributed by atoms with Gasteiger partial charge in [-0.05, 0) is 6.42 Å². The molecule has 1 amide bonds. The maximum Gasteiger partial charge on any atom is 0.248 e. The van der Waals surface area contributed by atoms with Crippen LogP contribution in [0.3, 0.4) is 0 Å². The van der Waals surface area contributed by atoms with Gasteiger partial charge >= 0.3 is 0 Å². The third-order valence-corrected chi connectivity index (χ3v) is 4.12.